The van der Waals surface area contributed by atoms with E-state index in [9.17, 15) is 0 Å². The van der Waals surface area contributed by atoms with Gasteiger partial charge in [0, 0.05) is 36.6 Å². The Morgan fingerprint density at radius 2 is 1.50 bits per heavy atom. The van der Waals surface area contributed by atoms with E-state index in [1.165, 1.54) is 16.8 Å². The van der Waals surface area contributed by atoms with E-state index in [0.717, 1.165) is 29.7 Å². The minimum absolute atomic E-state index is 0.813. The summed E-state index contributed by atoms with van der Waals surface area (Å²) in [4.78, 5) is 2.12. The molecule has 3 rings (SSSR count). The van der Waals surface area contributed by atoms with Crippen molar-refractivity contribution in [2.45, 2.75) is 12.8 Å². The van der Waals surface area contributed by atoms with Crippen molar-refractivity contribution in [3.05, 3.63) is 58.7 Å². The lowest BCUT2D eigenvalue weighted by atomic mass is 9.94. The van der Waals surface area contributed by atoms with Crippen LogP contribution in [0.4, 0.5) is 11.4 Å². The largest absolute Gasteiger partial charge is 0.399 e. The lowest BCUT2D eigenvalue weighted by Gasteiger charge is -2.16. The smallest absolute Gasteiger partial charge is 0.0364 e. The summed E-state index contributed by atoms with van der Waals surface area (Å²) < 4.78 is 0. The molecule has 0 saturated carbocycles. The fraction of sp³-hybridized carbons (Fsp3) is 0.222. The normalized spacial score (nSPS) is 12.3. The van der Waals surface area contributed by atoms with Gasteiger partial charge in [0.05, 0.1) is 0 Å². The zero-order valence-corrected chi connectivity index (χ0v) is 11.9. The highest BCUT2D eigenvalue weighted by Crippen LogP contribution is 2.23. The van der Waals surface area contributed by atoms with Gasteiger partial charge in [-0.15, -0.1) is 0 Å². The van der Waals surface area contributed by atoms with Crippen molar-refractivity contribution in [2.24, 2.45) is 0 Å². The van der Waals surface area contributed by atoms with Gasteiger partial charge in [-0.25, -0.2) is 0 Å². The van der Waals surface area contributed by atoms with Crippen molar-refractivity contribution >= 4 is 11.4 Å². The fourth-order valence-electron chi connectivity index (χ4n) is 2.53. The van der Waals surface area contributed by atoms with Crippen LogP contribution in [0.15, 0.2) is 36.4 Å². The summed E-state index contributed by atoms with van der Waals surface area (Å²) in [5.41, 5.74) is 12.7. The van der Waals surface area contributed by atoms with Crippen molar-refractivity contribution in [2.75, 3.05) is 24.7 Å². The Labute approximate surface area is 120 Å². The maximum atomic E-state index is 5.88. The molecule has 0 aromatic heterocycles. The van der Waals surface area contributed by atoms with Gasteiger partial charge in [-0.2, -0.15) is 0 Å². The van der Waals surface area contributed by atoms with Gasteiger partial charge in [0.1, 0.15) is 0 Å². The Balaban J connectivity index is 2.07. The first kappa shape index (κ1) is 12.6. The Hall–Kier alpha value is -2.40. The van der Waals surface area contributed by atoms with Crippen LogP contribution < -0.4 is 10.6 Å². The summed E-state index contributed by atoms with van der Waals surface area (Å²) in [5.74, 6) is 6.58. The Kier molecular flexibility index (Phi) is 3.12. The molecule has 0 heterocycles. The molecule has 2 heteroatoms. The SMILES string of the molecule is CN(C)c1ccc2c(c1)CCc1cc(N)ccc1C#C2. The van der Waals surface area contributed by atoms with E-state index in [2.05, 4.69) is 49.0 Å². The van der Waals surface area contributed by atoms with Crippen molar-refractivity contribution in [1.82, 2.24) is 0 Å². The predicted molar refractivity (Wildman–Crippen MR) is 85.0 cm³/mol. The number of rotatable bonds is 1. The lowest BCUT2D eigenvalue weighted by Crippen LogP contribution is -2.10. The molecule has 2 nitrogen and oxygen atoms in total. The standard InChI is InChI=1S/C18H18N2/c1-20(2)18-10-8-14-4-3-13-7-9-17(19)11-15(13)5-6-16(14)12-18/h7-12H,5-6,19H2,1-2H3. The van der Waals surface area contributed by atoms with Crippen LogP contribution in [0, 0.1) is 11.8 Å². The van der Waals surface area contributed by atoms with E-state index >= 15 is 0 Å². The fourth-order valence-corrected chi connectivity index (χ4v) is 2.53. The highest BCUT2D eigenvalue weighted by Gasteiger charge is 2.09. The maximum Gasteiger partial charge on any atom is 0.0364 e. The van der Waals surface area contributed by atoms with Gasteiger partial charge in [-0.05, 0) is 60.4 Å². The number of aryl methyl sites for hydroxylation is 2. The molecule has 0 radical (unpaired) electrons. The number of hydrogen-bond donors (Lipinski definition) is 1. The number of nitrogen functional groups attached to an aromatic ring is 1. The van der Waals surface area contributed by atoms with Crippen LogP contribution in [0.1, 0.15) is 22.3 Å². The van der Waals surface area contributed by atoms with Gasteiger partial charge in [0.15, 0.2) is 0 Å². The van der Waals surface area contributed by atoms with Crippen molar-refractivity contribution in [3.63, 3.8) is 0 Å². The topological polar surface area (TPSA) is 29.3 Å². The molecule has 2 aromatic carbocycles. The third-order valence-corrected chi connectivity index (χ3v) is 3.73. The maximum absolute atomic E-state index is 5.88. The van der Waals surface area contributed by atoms with E-state index < -0.39 is 0 Å². The van der Waals surface area contributed by atoms with E-state index in [4.69, 9.17) is 5.73 Å². The summed E-state index contributed by atoms with van der Waals surface area (Å²) in [6.07, 6.45) is 1.99. The van der Waals surface area contributed by atoms with Crippen molar-refractivity contribution in [3.8, 4) is 11.8 Å². The first-order chi connectivity index (χ1) is 9.63. The Bertz CT molecular complexity index is 718. The van der Waals surface area contributed by atoms with Crippen LogP contribution in [-0.4, -0.2) is 14.1 Å². The Morgan fingerprint density at radius 3 is 2.15 bits per heavy atom. The number of fused-ring (bicyclic) bond motifs is 2. The molecule has 1 aliphatic rings. The molecule has 0 saturated heterocycles. The van der Waals surface area contributed by atoms with E-state index in [1.54, 1.807) is 0 Å². The molecule has 0 amide bonds. The van der Waals surface area contributed by atoms with Crippen LogP contribution in [0.25, 0.3) is 0 Å². The molecule has 2 aromatic rings. The average Bonchev–Trinajstić information content (AvgIpc) is 2.41. The van der Waals surface area contributed by atoms with Gasteiger partial charge >= 0.3 is 0 Å². The molecule has 0 aliphatic heterocycles. The molecule has 2 N–H and O–H groups in total. The molecular weight excluding hydrogens is 244 g/mol. The second kappa shape index (κ2) is 4.94. The van der Waals surface area contributed by atoms with Crippen LogP contribution in [0.3, 0.4) is 0 Å². The molecule has 0 bridgehead atoms. The minimum Gasteiger partial charge on any atom is -0.399 e. The third-order valence-electron chi connectivity index (χ3n) is 3.73. The molecular formula is C18H18N2. The zero-order chi connectivity index (χ0) is 14.1. The molecule has 0 atom stereocenters. The minimum atomic E-state index is 0.813. The third kappa shape index (κ3) is 2.35. The molecule has 100 valence electrons. The van der Waals surface area contributed by atoms with Gasteiger partial charge in [0.2, 0.25) is 0 Å². The quantitative estimate of drug-likeness (QED) is 0.632. The summed E-state index contributed by atoms with van der Waals surface area (Å²) in [5, 5.41) is 0. The van der Waals surface area contributed by atoms with E-state index in [-0.39, 0.29) is 0 Å². The number of nitrogens with two attached hydrogens (primary N) is 1. The first-order valence-corrected chi connectivity index (χ1v) is 6.84. The molecule has 20 heavy (non-hydrogen) atoms. The second-order valence-electron chi connectivity index (χ2n) is 5.40. The van der Waals surface area contributed by atoms with Crippen LogP contribution in [-0.2, 0) is 12.8 Å². The summed E-state index contributed by atoms with van der Waals surface area (Å²) >= 11 is 0. The summed E-state index contributed by atoms with van der Waals surface area (Å²) in [6.45, 7) is 0. The molecule has 0 unspecified atom stereocenters. The monoisotopic (exact) mass is 262 g/mol. The van der Waals surface area contributed by atoms with Crippen LogP contribution in [0.5, 0.6) is 0 Å². The number of nitrogens with zero attached hydrogens (tertiary/aromatic N) is 1. The van der Waals surface area contributed by atoms with Gasteiger partial charge in [0.25, 0.3) is 0 Å². The van der Waals surface area contributed by atoms with Crippen molar-refractivity contribution < 1.29 is 0 Å². The Morgan fingerprint density at radius 1 is 0.900 bits per heavy atom. The zero-order valence-electron chi connectivity index (χ0n) is 11.9. The van der Waals surface area contributed by atoms with Gasteiger partial charge in [-0.3, -0.25) is 0 Å². The summed E-state index contributed by atoms with van der Waals surface area (Å²) in [6, 6.07) is 12.5. The van der Waals surface area contributed by atoms with E-state index in [1.807, 2.05) is 18.2 Å². The molecule has 0 fully saturated rings. The predicted octanol–water partition coefficient (Wildman–Crippen LogP) is 2.83. The second-order valence-corrected chi connectivity index (χ2v) is 5.40. The number of benzene rings is 2. The number of anilines is 2. The molecule has 1 aliphatic carbocycles. The van der Waals surface area contributed by atoms with Gasteiger partial charge < -0.3 is 10.6 Å². The first-order valence-electron chi connectivity index (χ1n) is 6.84. The van der Waals surface area contributed by atoms with Crippen molar-refractivity contribution in [1.29, 1.82) is 0 Å². The highest BCUT2D eigenvalue weighted by atomic mass is 15.1. The average molecular weight is 262 g/mol. The van der Waals surface area contributed by atoms with Crippen LogP contribution in [0.2, 0.25) is 0 Å². The number of hydrogen-bond acceptors (Lipinski definition) is 2. The highest BCUT2D eigenvalue weighted by molar-refractivity contribution is 5.59. The molecule has 0 spiro atoms. The van der Waals surface area contributed by atoms with Gasteiger partial charge in [-0.1, -0.05) is 11.8 Å². The lowest BCUT2D eigenvalue weighted by molar-refractivity contribution is 0.948. The summed E-state index contributed by atoms with van der Waals surface area (Å²) in [7, 11) is 4.12. The van der Waals surface area contributed by atoms with E-state index in [0.29, 0.717) is 0 Å². The van der Waals surface area contributed by atoms with Crippen LogP contribution >= 0.6 is 0 Å².